The third-order valence-corrected chi connectivity index (χ3v) is 12.1. The Hall–Kier alpha value is -1.79. The Morgan fingerprint density at radius 3 is 1.56 bits per heavy atom. The van der Waals surface area contributed by atoms with E-state index < -0.39 is 86.8 Å². The lowest BCUT2D eigenvalue weighted by Gasteiger charge is -2.46. The lowest BCUT2D eigenvalue weighted by molar-refractivity contribution is -0.359. The highest BCUT2D eigenvalue weighted by Gasteiger charge is 2.51. The van der Waals surface area contributed by atoms with Gasteiger partial charge in [-0.1, -0.05) is 159 Å². The van der Waals surface area contributed by atoms with Crippen LogP contribution in [0.15, 0.2) is 36.5 Å². The molecule has 0 aliphatic carbocycles. The van der Waals surface area contributed by atoms with E-state index >= 15 is 0 Å². The van der Waals surface area contributed by atoms with Crippen molar-refractivity contribution in [2.24, 2.45) is 0 Å². The Morgan fingerprint density at radius 2 is 1.02 bits per heavy atom. The standard InChI is InChI=1S/C49H89NO13/c1-3-5-7-9-11-13-14-15-16-17-18-19-20-21-22-23-24-25-26-28-30-32-38(53)37(50-41(54)33-31-29-27-12-10-8-6-4-2)36-60-48-46(59)44(57)47(40(35-52)62-48)63-49-45(58)43(56)42(55)39(34-51)61-49/h20-21,24-25,30,32,37-40,42-49,51-53,55-59H,3-19,22-23,26-29,31,33-36H2,1-2H3,(H,50,54)/b21-20+,25-24+,32-30+. The second-order valence-electron chi connectivity index (χ2n) is 17.6. The van der Waals surface area contributed by atoms with Crippen LogP contribution in [0.25, 0.3) is 0 Å². The summed E-state index contributed by atoms with van der Waals surface area (Å²) in [4.78, 5) is 13.0. The van der Waals surface area contributed by atoms with E-state index in [-0.39, 0.29) is 18.9 Å². The van der Waals surface area contributed by atoms with Crippen molar-refractivity contribution in [3.63, 3.8) is 0 Å². The fourth-order valence-corrected chi connectivity index (χ4v) is 7.97. The Balaban J connectivity index is 1.84. The Bertz CT molecular complexity index is 1200. The Morgan fingerprint density at radius 1 is 0.556 bits per heavy atom. The summed E-state index contributed by atoms with van der Waals surface area (Å²) in [6.07, 6.45) is 23.6. The molecule has 14 heteroatoms. The van der Waals surface area contributed by atoms with Gasteiger partial charge in [0, 0.05) is 6.42 Å². The summed E-state index contributed by atoms with van der Waals surface area (Å²) >= 11 is 0. The van der Waals surface area contributed by atoms with Gasteiger partial charge in [-0.25, -0.2) is 0 Å². The minimum absolute atomic E-state index is 0.260. The van der Waals surface area contributed by atoms with E-state index in [1.807, 2.05) is 6.08 Å². The number of rotatable bonds is 37. The molecule has 12 atom stereocenters. The summed E-state index contributed by atoms with van der Waals surface area (Å²) in [7, 11) is 0. The van der Waals surface area contributed by atoms with Crippen molar-refractivity contribution in [1.29, 1.82) is 0 Å². The van der Waals surface area contributed by atoms with Gasteiger partial charge < -0.3 is 65.1 Å². The van der Waals surface area contributed by atoms with Crippen LogP contribution in [0.2, 0.25) is 0 Å². The summed E-state index contributed by atoms with van der Waals surface area (Å²) in [6, 6.07) is -0.932. The van der Waals surface area contributed by atoms with Crippen molar-refractivity contribution in [3.05, 3.63) is 36.5 Å². The normalized spacial score (nSPS) is 27.8. The molecule has 0 aromatic carbocycles. The van der Waals surface area contributed by atoms with Crippen molar-refractivity contribution in [2.45, 2.75) is 248 Å². The number of amides is 1. The van der Waals surface area contributed by atoms with Gasteiger partial charge in [0.25, 0.3) is 0 Å². The smallest absolute Gasteiger partial charge is 0.220 e. The molecule has 368 valence electrons. The number of carbonyl (C=O) groups excluding carboxylic acids is 1. The van der Waals surface area contributed by atoms with Gasteiger partial charge in [-0.2, -0.15) is 0 Å². The van der Waals surface area contributed by atoms with Crippen molar-refractivity contribution in [3.8, 4) is 0 Å². The maximum absolute atomic E-state index is 13.0. The minimum atomic E-state index is -1.79. The van der Waals surface area contributed by atoms with Gasteiger partial charge >= 0.3 is 0 Å². The average Bonchev–Trinajstić information content (AvgIpc) is 3.28. The van der Waals surface area contributed by atoms with Crippen molar-refractivity contribution >= 4 is 5.91 Å². The summed E-state index contributed by atoms with van der Waals surface area (Å²) in [5.41, 5.74) is 0. The van der Waals surface area contributed by atoms with Crippen LogP contribution >= 0.6 is 0 Å². The first kappa shape index (κ1) is 57.3. The second kappa shape index (κ2) is 36.3. The van der Waals surface area contributed by atoms with E-state index in [0.29, 0.717) is 12.8 Å². The zero-order valence-corrected chi connectivity index (χ0v) is 38.8. The van der Waals surface area contributed by atoms with Crippen LogP contribution in [0.4, 0.5) is 0 Å². The summed E-state index contributed by atoms with van der Waals surface area (Å²) in [5.74, 6) is -0.260. The largest absolute Gasteiger partial charge is 0.394 e. The van der Waals surface area contributed by atoms with Crippen LogP contribution in [-0.2, 0) is 23.7 Å². The van der Waals surface area contributed by atoms with E-state index in [9.17, 15) is 45.6 Å². The molecule has 0 radical (unpaired) electrons. The quantitative estimate of drug-likeness (QED) is 0.0261. The molecule has 1 amide bonds. The molecule has 0 spiro atoms. The van der Waals surface area contributed by atoms with Gasteiger partial charge in [0.2, 0.25) is 5.91 Å². The Kier molecular flexibility index (Phi) is 33.1. The van der Waals surface area contributed by atoms with Gasteiger partial charge in [-0.3, -0.25) is 4.79 Å². The number of allylic oxidation sites excluding steroid dienone is 5. The summed E-state index contributed by atoms with van der Waals surface area (Å²) in [5, 5.41) is 86.4. The van der Waals surface area contributed by atoms with Crippen LogP contribution in [-0.4, -0.2) is 140 Å². The van der Waals surface area contributed by atoms with Gasteiger partial charge in [0.05, 0.1) is 32.0 Å². The van der Waals surface area contributed by atoms with Gasteiger partial charge in [-0.05, 0) is 44.9 Å². The number of aliphatic hydroxyl groups is 8. The highest BCUT2D eigenvalue weighted by atomic mass is 16.7. The lowest BCUT2D eigenvalue weighted by Crippen LogP contribution is -2.65. The molecule has 2 saturated heterocycles. The predicted molar refractivity (Wildman–Crippen MR) is 244 cm³/mol. The first-order chi connectivity index (χ1) is 30.6. The molecule has 2 aliphatic rings. The fourth-order valence-electron chi connectivity index (χ4n) is 7.97. The second-order valence-corrected chi connectivity index (χ2v) is 17.6. The monoisotopic (exact) mass is 900 g/mol. The van der Waals surface area contributed by atoms with Gasteiger partial charge in [0.1, 0.15) is 48.8 Å². The number of ether oxygens (including phenoxy) is 4. The van der Waals surface area contributed by atoms with Crippen molar-refractivity contribution in [1.82, 2.24) is 5.32 Å². The third-order valence-electron chi connectivity index (χ3n) is 12.1. The van der Waals surface area contributed by atoms with E-state index in [1.165, 1.54) is 96.3 Å². The molecule has 12 unspecified atom stereocenters. The molecule has 63 heavy (non-hydrogen) atoms. The van der Waals surface area contributed by atoms with Crippen LogP contribution in [0.1, 0.15) is 174 Å². The maximum Gasteiger partial charge on any atom is 0.220 e. The number of carbonyl (C=O) groups is 1. The molecule has 0 aromatic rings. The zero-order chi connectivity index (χ0) is 46.1. The van der Waals surface area contributed by atoms with E-state index in [2.05, 4.69) is 43.5 Å². The molecule has 2 rings (SSSR count). The summed E-state index contributed by atoms with van der Waals surface area (Å²) < 4.78 is 22.6. The van der Waals surface area contributed by atoms with Crippen molar-refractivity contribution < 1.29 is 64.6 Å². The molecular weight excluding hydrogens is 811 g/mol. The number of hydrogen-bond acceptors (Lipinski definition) is 13. The third kappa shape index (κ3) is 24.0. The SMILES string of the molecule is CCCCCCCCCCCCC/C=C/CC/C=C/CC/C=C/C(O)C(COC1OC(CO)C(OC2OC(CO)C(O)C(O)C2O)C(O)C1O)NC(=O)CCCCCCCCCC. The fraction of sp³-hybridized carbons (Fsp3) is 0.857. The number of aliphatic hydroxyl groups excluding tert-OH is 8. The van der Waals surface area contributed by atoms with Crippen LogP contribution in [0.3, 0.4) is 0 Å². The lowest BCUT2D eigenvalue weighted by atomic mass is 9.97. The molecular formula is C49H89NO13. The van der Waals surface area contributed by atoms with Crippen molar-refractivity contribution in [2.75, 3.05) is 19.8 Å². The first-order valence-electron chi connectivity index (χ1n) is 24.7. The number of unbranched alkanes of at least 4 members (excludes halogenated alkanes) is 20. The molecule has 0 aromatic heterocycles. The van der Waals surface area contributed by atoms with Gasteiger partial charge in [0.15, 0.2) is 12.6 Å². The summed E-state index contributed by atoms with van der Waals surface area (Å²) in [6.45, 7) is 2.71. The highest BCUT2D eigenvalue weighted by molar-refractivity contribution is 5.76. The molecule has 2 fully saturated rings. The maximum atomic E-state index is 13.0. The predicted octanol–water partition coefficient (Wildman–Crippen LogP) is 5.93. The number of hydrogen-bond donors (Lipinski definition) is 9. The molecule has 9 N–H and O–H groups in total. The van der Waals surface area contributed by atoms with E-state index in [1.54, 1.807) is 6.08 Å². The van der Waals surface area contributed by atoms with E-state index in [4.69, 9.17) is 18.9 Å². The van der Waals surface area contributed by atoms with Crippen LogP contribution in [0, 0.1) is 0 Å². The Labute approximate surface area is 379 Å². The topological polar surface area (TPSA) is 228 Å². The molecule has 2 heterocycles. The number of nitrogens with one attached hydrogen (secondary N) is 1. The van der Waals surface area contributed by atoms with E-state index in [0.717, 1.165) is 44.9 Å². The molecule has 2 aliphatic heterocycles. The molecule has 0 bridgehead atoms. The highest BCUT2D eigenvalue weighted by Crippen LogP contribution is 2.30. The first-order valence-corrected chi connectivity index (χ1v) is 24.7. The van der Waals surface area contributed by atoms with Crippen LogP contribution in [0.5, 0.6) is 0 Å². The van der Waals surface area contributed by atoms with Crippen LogP contribution < -0.4 is 5.32 Å². The average molecular weight is 900 g/mol. The molecule has 0 saturated carbocycles. The van der Waals surface area contributed by atoms with Gasteiger partial charge in [-0.15, -0.1) is 0 Å². The molecule has 14 nitrogen and oxygen atoms in total. The zero-order valence-electron chi connectivity index (χ0n) is 38.8. The minimum Gasteiger partial charge on any atom is -0.394 e.